The van der Waals surface area contributed by atoms with Gasteiger partial charge < -0.3 is 9.64 Å². The standard InChI is InChI=1S/C23H21F3N6O2/c1-13-3-4-17(20-27-6-2-7-28-20)19(30-13)21(33)32-11-15-9-14(15)10-16(32)12-34-18-5-8-29-22(31-18)23(24,25)26/h2-8,14-16H,9-12H2,1H3/t14-,15+,16?/m1/s1. The van der Waals surface area contributed by atoms with Gasteiger partial charge in [0.05, 0.1) is 11.6 Å². The summed E-state index contributed by atoms with van der Waals surface area (Å²) in [5, 5.41) is 0. The second kappa shape index (κ2) is 8.62. The van der Waals surface area contributed by atoms with Crippen molar-refractivity contribution >= 4 is 5.91 Å². The van der Waals surface area contributed by atoms with E-state index in [1.165, 1.54) is 6.07 Å². The van der Waals surface area contributed by atoms with E-state index in [9.17, 15) is 18.0 Å². The second-order valence-corrected chi connectivity index (χ2v) is 8.55. The van der Waals surface area contributed by atoms with E-state index in [1.807, 2.05) is 0 Å². The molecule has 0 bridgehead atoms. The van der Waals surface area contributed by atoms with Crippen LogP contribution in [0.4, 0.5) is 13.2 Å². The molecule has 1 saturated heterocycles. The van der Waals surface area contributed by atoms with Crippen molar-refractivity contribution in [2.45, 2.75) is 32.0 Å². The van der Waals surface area contributed by atoms with Gasteiger partial charge in [-0.25, -0.2) is 19.9 Å². The predicted octanol–water partition coefficient (Wildman–Crippen LogP) is 3.59. The van der Waals surface area contributed by atoms with Crippen LogP contribution in [-0.2, 0) is 6.18 Å². The second-order valence-electron chi connectivity index (χ2n) is 8.55. The van der Waals surface area contributed by atoms with Crippen LogP contribution in [0.1, 0.15) is 34.8 Å². The SMILES string of the molecule is Cc1ccc(-c2ncccn2)c(C(=O)N2C[C@@H]3C[C@@H]3CC2COc2ccnc(C(F)(F)F)n2)n1. The fourth-order valence-corrected chi connectivity index (χ4v) is 4.32. The maximum atomic E-state index is 13.7. The predicted molar refractivity (Wildman–Crippen MR) is 114 cm³/mol. The summed E-state index contributed by atoms with van der Waals surface area (Å²) in [7, 11) is 0. The Bertz CT molecular complexity index is 1210. The number of piperidine rings is 1. The zero-order chi connectivity index (χ0) is 23.9. The van der Waals surface area contributed by atoms with Crippen LogP contribution in [0.15, 0.2) is 42.9 Å². The monoisotopic (exact) mass is 470 g/mol. The minimum Gasteiger partial charge on any atom is -0.475 e. The van der Waals surface area contributed by atoms with Gasteiger partial charge in [-0.15, -0.1) is 0 Å². The van der Waals surface area contributed by atoms with Gasteiger partial charge in [-0.3, -0.25) is 4.79 Å². The molecule has 34 heavy (non-hydrogen) atoms. The molecule has 1 saturated carbocycles. The molecule has 1 unspecified atom stereocenters. The first kappa shape index (κ1) is 22.2. The lowest BCUT2D eigenvalue weighted by molar-refractivity contribution is -0.145. The summed E-state index contributed by atoms with van der Waals surface area (Å²) in [6.07, 6.45) is 1.26. The van der Waals surface area contributed by atoms with Crippen molar-refractivity contribution in [1.82, 2.24) is 29.8 Å². The van der Waals surface area contributed by atoms with E-state index in [1.54, 1.807) is 42.4 Å². The van der Waals surface area contributed by atoms with E-state index in [2.05, 4.69) is 24.9 Å². The van der Waals surface area contributed by atoms with Crippen molar-refractivity contribution in [3.63, 3.8) is 0 Å². The highest BCUT2D eigenvalue weighted by atomic mass is 19.4. The van der Waals surface area contributed by atoms with E-state index in [-0.39, 0.29) is 30.1 Å². The van der Waals surface area contributed by atoms with Crippen molar-refractivity contribution in [2.24, 2.45) is 11.8 Å². The number of pyridine rings is 1. The van der Waals surface area contributed by atoms with Gasteiger partial charge in [0.25, 0.3) is 5.91 Å². The number of halogens is 3. The summed E-state index contributed by atoms with van der Waals surface area (Å²) < 4.78 is 44.4. The van der Waals surface area contributed by atoms with Crippen LogP contribution in [0.2, 0.25) is 0 Å². The van der Waals surface area contributed by atoms with Gasteiger partial charge in [0.1, 0.15) is 12.3 Å². The zero-order valence-electron chi connectivity index (χ0n) is 18.2. The van der Waals surface area contributed by atoms with Gasteiger partial charge in [-0.05, 0) is 49.8 Å². The Balaban J connectivity index is 1.40. The summed E-state index contributed by atoms with van der Waals surface area (Å²) in [5.74, 6) is -0.426. The van der Waals surface area contributed by atoms with E-state index < -0.39 is 12.0 Å². The molecule has 4 heterocycles. The zero-order valence-corrected chi connectivity index (χ0v) is 18.2. The number of aromatic nitrogens is 5. The lowest BCUT2D eigenvalue weighted by Crippen LogP contribution is -2.48. The number of carbonyl (C=O) groups excluding carboxylic acids is 1. The number of amides is 1. The average molecular weight is 470 g/mol. The topological polar surface area (TPSA) is 94.0 Å². The van der Waals surface area contributed by atoms with E-state index in [4.69, 9.17) is 4.74 Å². The Morgan fingerprint density at radius 2 is 1.85 bits per heavy atom. The molecule has 2 aliphatic rings. The largest absolute Gasteiger partial charge is 0.475 e. The fraction of sp³-hybridized carbons (Fsp3) is 0.391. The molecule has 11 heteroatoms. The first-order valence-electron chi connectivity index (χ1n) is 10.9. The van der Waals surface area contributed by atoms with Gasteiger partial charge in [0, 0.05) is 36.9 Å². The van der Waals surface area contributed by atoms with Crippen LogP contribution in [0.3, 0.4) is 0 Å². The quantitative estimate of drug-likeness (QED) is 0.563. The Morgan fingerprint density at radius 1 is 1.06 bits per heavy atom. The molecule has 1 aliphatic carbocycles. The molecule has 3 aromatic rings. The number of fused-ring (bicyclic) bond motifs is 1. The summed E-state index contributed by atoms with van der Waals surface area (Å²) in [5.41, 5.74) is 1.45. The molecular weight excluding hydrogens is 449 g/mol. The first-order chi connectivity index (χ1) is 16.3. The molecule has 0 N–H and O–H groups in total. The molecule has 8 nitrogen and oxygen atoms in total. The van der Waals surface area contributed by atoms with Crippen molar-refractivity contribution < 1.29 is 22.7 Å². The van der Waals surface area contributed by atoms with Crippen molar-refractivity contribution in [1.29, 1.82) is 0 Å². The van der Waals surface area contributed by atoms with Crippen molar-refractivity contribution in [2.75, 3.05) is 13.2 Å². The van der Waals surface area contributed by atoms with Gasteiger partial charge in [0.2, 0.25) is 11.7 Å². The van der Waals surface area contributed by atoms with Crippen LogP contribution >= 0.6 is 0 Å². The molecule has 3 aromatic heterocycles. The lowest BCUT2D eigenvalue weighted by Gasteiger charge is -2.35. The molecule has 0 radical (unpaired) electrons. The van der Waals surface area contributed by atoms with Crippen LogP contribution in [0.5, 0.6) is 5.88 Å². The van der Waals surface area contributed by atoms with E-state index in [0.29, 0.717) is 41.9 Å². The van der Waals surface area contributed by atoms with Crippen LogP contribution < -0.4 is 4.74 Å². The Kier molecular flexibility index (Phi) is 5.62. The third-order valence-electron chi connectivity index (χ3n) is 6.13. The number of ether oxygens (including phenoxy) is 1. The third-order valence-corrected chi connectivity index (χ3v) is 6.13. The number of carbonyl (C=O) groups is 1. The third kappa shape index (κ3) is 4.55. The number of rotatable bonds is 5. The Morgan fingerprint density at radius 3 is 2.62 bits per heavy atom. The van der Waals surface area contributed by atoms with Crippen molar-refractivity contribution in [3.8, 4) is 17.3 Å². The minimum absolute atomic E-state index is 0.0201. The number of likely N-dealkylation sites (tertiary alicyclic amines) is 1. The molecular formula is C23H21F3N6O2. The van der Waals surface area contributed by atoms with E-state index in [0.717, 1.165) is 12.6 Å². The number of alkyl halides is 3. The summed E-state index contributed by atoms with van der Waals surface area (Å²) in [6, 6.07) is 6.21. The smallest absolute Gasteiger partial charge is 0.451 e. The highest BCUT2D eigenvalue weighted by Gasteiger charge is 2.48. The van der Waals surface area contributed by atoms with Gasteiger partial charge in [-0.1, -0.05) is 0 Å². The Labute approximate surface area is 193 Å². The first-order valence-corrected chi connectivity index (χ1v) is 10.9. The van der Waals surface area contributed by atoms with E-state index >= 15 is 0 Å². The van der Waals surface area contributed by atoms with Gasteiger partial charge >= 0.3 is 6.18 Å². The molecule has 1 amide bonds. The highest BCUT2D eigenvalue weighted by Crippen LogP contribution is 2.47. The van der Waals surface area contributed by atoms with Crippen LogP contribution in [0, 0.1) is 18.8 Å². The number of aryl methyl sites for hydroxylation is 1. The number of hydrogen-bond donors (Lipinski definition) is 0. The van der Waals surface area contributed by atoms with Crippen LogP contribution in [-0.4, -0.2) is 54.9 Å². The van der Waals surface area contributed by atoms with Gasteiger partial charge in [0.15, 0.2) is 5.82 Å². The average Bonchev–Trinajstić information content (AvgIpc) is 3.60. The van der Waals surface area contributed by atoms with Crippen LogP contribution in [0.25, 0.3) is 11.4 Å². The highest BCUT2D eigenvalue weighted by molar-refractivity contribution is 5.98. The maximum absolute atomic E-state index is 13.7. The summed E-state index contributed by atoms with van der Waals surface area (Å²) >= 11 is 0. The molecule has 5 rings (SSSR count). The molecule has 176 valence electrons. The minimum atomic E-state index is -4.67. The summed E-state index contributed by atoms with van der Waals surface area (Å²) in [6.45, 7) is 2.36. The normalized spacial score (nSPS) is 21.6. The molecule has 2 fully saturated rings. The van der Waals surface area contributed by atoms with Gasteiger partial charge in [-0.2, -0.15) is 18.2 Å². The molecule has 3 atom stereocenters. The molecule has 0 spiro atoms. The summed E-state index contributed by atoms with van der Waals surface area (Å²) in [4.78, 5) is 35.1. The fourth-order valence-electron chi connectivity index (χ4n) is 4.32. The number of hydrogen-bond acceptors (Lipinski definition) is 7. The molecule has 0 aromatic carbocycles. The molecule has 1 aliphatic heterocycles. The Hall–Kier alpha value is -3.63. The number of nitrogens with zero attached hydrogens (tertiary/aromatic N) is 6. The van der Waals surface area contributed by atoms with Crippen molar-refractivity contribution in [3.05, 3.63) is 60.1 Å². The maximum Gasteiger partial charge on any atom is 0.451 e. The lowest BCUT2D eigenvalue weighted by atomic mass is 10.0.